The molecule has 0 atom stereocenters. The number of imide groups is 2. The first-order chi connectivity index (χ1) is 17.4. The summed E-state index contributed by atoms with van der Waals surface area (Å²) in [5.41, 5.74) is 3.39. The van der Waals surface area contributed by atoms with Gasteiger partial charge in [-0.15, -0.1) is 0 Å². The summed E-state index contributed by atoms with van der Waals surface area (Å²) >= 11 is 0. The van der Waals surface area contributed by atoms with Gasteiger partial charge in [-0.05, 0) is 54.7 Å². The number of hydrogen-bond acceptors (Lipinski definition) is 5. The van der Waals surface area contributed by atoms with Gasteiger partial charge in [0, 0.05) is 32.9 Å². The number of carbonyl (C=O) groups excluding carboxylic acids is 3. The van der Waals surface area contributed by atoms with Crippen LogP contribution < -0.4 is 10.2 Å². The Labute approximate surface area is 210 Å². The van der Waals surface area contributed by atoms with Crippen molar-refractivity contribution < 1.29 is 14.4 Å². The van der Waals surface area contributed by atoms with Crippen molar-refractivity contribution in [2.24, 2.45) is 0 Å². The number of hydrogen-bond donors (Lipinski definition) is 1. The number of amides is 5. The molecule has 3 aromatic rings. The Kier molecular flexibility index (Phi) is 6.28. The maximum atomic E-state index is 13.9. The van der Waals surface area contributed by atoms with Gasteiger partial charge in [-0.3, -0.25) is 14.7 Å². The number of nitrogens with zero attached hydrogens (tertiary/aromatic N) is 4. The van der Waals surface area contributed by atoms with Crippen molar-refractivity contribution in [3.05, 3.63) is 84.2 Å². The minimum Gasteiger partial charge on any atom is -0.341 e. The Morgan fingerprint density at radius 2 is 1.61 bits per heavy atom. The molecule has 2 fully saturated rings. The van der Waals surface area contributed by atoms with Crippen molar-refractivity contribution in [3.8, 4) is 11.1 Å². The van der Waals surface area contributed by atoms with Crippen LogP contribution >= 0.6 is 0 Å². The number of nitrogens with one attached hydrogen (secondary N) is 1. The topological polar surface area (TPSA) is 85.8 Å². The molecular weight excluding hydrogens is 454 g/mol. The van der Waals surface area contributed by atoms with Crippen molar-refractivity contribution >= 4 is 23.7 Å². The summed E-state index contributed by atoms with van der Waals surface area (Å²) in [6, 6.07) is 19.9. The average molecular weight is 484 g/mol. The SMILES string of the molecule is CNC(=O)N1C(=O)N(c2ccc(-c3ccccc3)cc2)C(=O)C12CCN(Cc1ncccc1C)CC2. The summed E-state index contributed by atoms with van der Waals surface area (Å²) in [4.78, 5) is 49.2. The first kappa shape index (κ1) is 23.7. The molecule has 1 spiro atoms. The van der Waals surface area contributed by atoms with Gasteiger partial charge >= 0.3 is 12.1 Å². The molecule has 3 heterocycles. The molecule has 36 heavy (non-hydrogen) atoms. The molecule has 2 aliphatic rings. The zero-order valence-corrected chi connectivity index (χ0v) is 20.5. The third kappa shape index (κ3) is 4.03. The van der Waals surface area contributed by atoms with Crippen molar-refractivity contribution in [3.63, 3.8) is 0 Å². The number of urea groups is 2. The lowest BCUT2D eigenvalue weighted by Crippen LogP contribution is -2.59. The molecule has 1 N–H and O–H groups in total. The fourth-order valence-corrected chi connectivity index (χ4v) is 5.14. The summed E-state index contributed by atoms with van der Waals surface area (Å²) in [5, 5.41) is 2.55. The molecule has 184 valence electrons. The van der Waals surface area contributed by atoms with Gasteiger partial charge in [0.15, 0.2) is 0 Å². The molecule has 2 saturated heterocycles. The van der Waals surface area contributed by atoms with E-state index in [1.54, 1.807) is 18.3 Å². The van der Waals surface area contributed by atoms with E-state index in [4.69, 9.17) is 0 Å². The minimum absolute atomic E-state index is 0.350. The molecule has 0 unspecified atom stereocenters. The van der Waals surface area contributed by atoms with Crippen molar-refractivity contribution in [2.75, 3.05) is 25.0 Å². The molecule has 2 aliphatic heterocycles. The second-order valence-corrected chi connectivity index (χ2v) is 9.30. The lowest BCUT2D eigenvalue weighted by molar-refractivity contribution is -0.126. The van der Waals surface area contributed by atoms with Crippen LogP contribution in [0.3, 0.4) is 0 Å². The van der Waals surface area contributed by atoms with E-state index in [0.29, 0.717) is 38.2 Å². The van der Waals surface area contributed by atoms with E-state index in [2.05, 4.69) is 15.2 Å². The van der Waals surface area contributed by atoms with Gasteiger partial charge < -0.3 is 5.32 Å². The fraction of sp³-hybridized carbons (Fsp3) is 0.286. The molecular formula is C28H29N5O3. The zero-order chi connectivity index (χ0) is 25.3. The highest BCUT2D eigenvalue weighted by atomic mass is 16.2. The van der Waals surface area contributed by atoms with Crippen LogP contribution in [0.1, 0.15) is 24.1 Å². The van der Waals surface area contributed by atoms with Gasteiger partial charge in [0.2, 0.25) is 0 Å². The molecule has 0 aliphatic carbocycles. The molecule has 1 aromatic heterocycles. The second kappa shape index (κ2) is 9.54. The monoisotopic (exact) mass is 483 g/mol. The zero-order valence-electron chi connectivity index (χ0n) is 20.5. The number of pyridine rings is 1. The van der Waals surface area contributed by atoms with E-state index in [-0.39, 0.29) is 5.91 Å². The maximum absolute atomic E-state index is 13.9. The van der Waals surface area contributed by atoms with E-state index in [1.165, 1.54) is 7.05 Å². The Morgan fingerprint density at radius 1 is 0.944 bits per heavy atom. The predicted molar refractivity (Wildman–Crippen MR) is 137 cm³/mol. The number of piperidine rings is 1. The van der Waals surface area contributed by atoms with Crippen molar-refractivity contribution in [2.45, 2.75) is 31.8 Å². The Bertz CT molecular complexity index is 1280. The minimum atomic E-state index is -1.20. The van der Waals surface area contributed by atoms with Crippen LogP contribution in [-0.2, 0) is 11.3 Å². The Morgan fingerprint density at radius 3 is 2.25 bits per heavy atom. The van der Waals surface area contributed by atoms with Gasteiger partial charge in [0.25, 0.3) is 5.91 Å². The Balaban J connectivity index is 1.40. The van der Waals surface area contributed by atoms with Crippen LogP contribution in [-0.4, -0.2) is 58.4 Å². The molecule has 0 saturated carbocycles. The largest absolute Gasteiger partial charge is 0.341 e. The summed E-state index contributed by atoms with van der Waals surface area (Å²) in [6.07, 6.45) is 2.52. The normalized spacial score (nSPS) is 17.6. The number of likely N-dealkylation sites (tertiary alicyclic amines) is 1. The van der Waals surface area contributed by atoms with Crippen molar-refractivity contribution in [1.82, 2.24) is 20.1 Å². The van der Waals surface area contributed by atoms with Gasteiger partial charge in [0.1, 0.15) is 5.54 Å². The van der Waals surface area contributed by atoms with E-state index in [9.17, 15) is 14.4 Å². The summed E-state index contributed by atoms with van der Waals surface area (Å²) in [6.45, 7) is 3.84. The van der Waals surface area contributed by atoms with Crippen LogP contribution in [0.25, 0.3) is 11.1 Å². The van der Waals surface area contributed by atoms with E-state index >= 15 is 0 Å². The van der Waals surface area contributed by atoms with E-state index < -0.39 is 17.6 Å². The predicted octanol–water partition coefficient (Wildman–Crippen LogP) is 4.20. The van der Waals surface area contributed by atoms with Gasteiger partial charge in [0.05, 0.1) is 11.4 Å². The van der Waals surface area contributed by atoms with E-state index in [1.807, 2.05) is 61.5 Å². The second-order valence-electron chi connectivity index (χ2n) is 9.30. The number of aryl methyl sites for hydroxylation is 1. The van der Waals surface area contributed by atoms with Crippen molar-refractivity contribution in [1.29, 1.82) is 0 Å². The van der Waals surface area contributed by atoms with Crippen LogP contribution in [0.2, 0.25) is 0 Å². The smallest absolute Gasteiger partial charge is 0.340 e. The molecule has 5 amide bonds. The molecule has 5 rings (SSSR count). The highest BCUT2D eigenvalue weighted by Gasteiger charge is 2.60. The van der Waals surface area contributed by atoms with E-state index in [0.717, 1.165) is 32.2 Å². The first-order valence-corrected chi connectivity index (χ1v) is 12.1. The molecule has 8 nitrogen and oxygen atoms in total. The third-order valence-corrected chi connectivity index (χ3v) is 7.24. The molecule has 0 bridgehead atoms. The third-order valence-electron chi connectivity index (χ3n) is 7.24. The molecule has 2 aromatic carbocycles. The quantitative estimate of drug-likeness (QED) is 0.562. The number of anilines is 1. The average Bonchev–Trinajstić information content (AvgIpc) is 3.12. The lowest BCUT2D eigenvalue weighted by atomic mass is 9.85. The van der Waals surface area contributed by atoms with Crippen LogP contribution in [0.15, 0.2) is 72.9 Å². The lowest BCUT2D eigenvalue weighted by Gasteiger charge is -2.40. The standard InChI is InChI=1S/C28H29N5O3/c1-20-7-6-16-30-24(20)19-31-17-14-28(15-18-31)25(34)32(27(36)33(28)26(35)29-2)23-12-10-22(11-13-23)21-8-4-3-5-9-21/h3-13,16H,14-15,17-19H2,1-2H3,(H,29,35). The van der Waals surface area contributed by atoms with Gasteiger partial charge in [-0.1, -0.05) is 48.5 Å². The number of aromatic nitrogens is 1. The fourth-order valence-electron chi connectivity index (χ4n) is 5.14. The Hall–Kier alpha value is -4.04. The van der Waals surface area contributed by atoms with Crippen LogP contribution in [0.5, 0.6) is 0 Å². The highest BCUT2D eigenvalue weighted by Crippen LogP contribution is 2.40. The summed E-state index contributed by atoms with van der Waals surface area (Å²) in [5.74, 6) is -0.350. The summed E-state index contributed by atoms with van der Waals surface area (Å²) in [7, 11) is 1.48. The number of carbonyl (C=O) groups is 3. The van der Waals surface area contributed by atoms with Gasteiger partial charge in [-0.2, -0.15) is 0 Å². The molecule has 8 heteroatoms. The maximum Gasteiger partial charge on any atom is 0.340 e. The van der Waals surface area contributed by atoms with Crippen LogP contribution in [0.4, 0.5) is 15.3 Å². The first-order valence-electron chi connectivity index (χ1n) is 12.1. The summed E-state index contributed by atoms with van der Waals surface area (Å²) < 4.78 is 0. The van der Waals surface area contributed by atoms with Gasteiger partial charge in [-0.25, -0.2) is 19.4 Å². The van der Waals surface area contributed by atoms with Crippen LogP contribution in [0, 0.1) is 6.92 Å². The number of benzene rings is 2. The highest BCUT2D eigenvalue weighted by molar-refractivity contribution is 6.27. The molecule has 0 radical (unpaired) electrons. The number of rotatable bonds is 4.